The summed E-state index contributed by atoms with van der Waals surface area (Å²) in [5.74, 6) is -0.00634. The Labute approximate surface area is 104 Å². The molecule has 0 saturated carbocycles. The van der Waals surface area contributed by atoms with Gasteiger partial charge in [-0.15, -0.1) is 0 Å². The second-order valence-electron chi connectivity index (χ2n) is 4.17. The fourth-order valence-electron chi connectivity index (χ4n) is 1.80. The fourth-order valence-corrected chi connectivity index (χ4v) is 1.80. The molecule has 2 unspecified atom stereocenters. The zero-order chi connectivity index (χ0) is 13.3. The van der Waals surface area contributed by atoms with E-state index in [0.717, 1.165) is 6.42 Å². The number of rotatable bonds is 9. The molecule has 0 aliphatic carbocycles. The summed E-state index contributed by atoms with van der Waals surface area (Å²) in [5, 5.41) is 0. The lowest BCUT2D eigenvalue weighted by Gasteiger charge is -2.30. The Bertz CT molecular complexity index is 212. The smallest absolute Gasteiger partial charge is 0.239 e. The first-order valence-electron chi connectivity index (χ1n) is 6.12. The van der Waals surface area contributed by atoms with Crippen molar-refractivity contribution >= 4 is 5.91 Å². The van der Waals surface area contributed by atoms with Crippen molar-refractivity contribution in [1.82, 2.24) is 4.90 Å². The van der Waals surface area contributed by atoms with Crippen molar-refractivity contribution in [3.8, 4) is 0 Å². The third-order valence-corrected chi connectivity index (χ3v) is 2.74. The van der Waals surface area contributed by atoms with E-state index in [4.69, 9.17) is 15.2 Å². The predicted octanol–water partition coefficient (Wildman–Crippen LogP) is 0.624. The third-order valence-electron chi connectivity index (χ3n) is 2.74. The van der Waals surface area contributed by atoms with Gasteiger partial charge in [-0.2, -0.15) is 0 Å². The van der Waals surface area contributed by atoms with E-state index < -0.39 is 6.04 Å². The number of ether oxygens (including phenoxy) is 2. The number of hydrogen-bond acceptors (Lipinski definition) is 4. The standard InChI is InChI=1S/C12H26N2O3/c1-5-14(10(2)9-17-4)12(15)11(13)7-6-8-16-3/h10-11H,5-9,13H2,1-4H3. The Hall–Kier alpha value is -0.650. The second kappa shape index (κ2) is 9.39. The number of likely N-dealkylation sites (N-methyl/N-ethyl adjacent to an activating group) is 1. The minimum absolute atomic E-state index is 0.00634. The van der Waals surface area contributed by atoms with Crippen LogP contribution in [-0.4, -0.2) is 56.9 Å². The number of nitrogens with zero attached hydrogens (tertiary/aromatic N) is 1. The molecular formula is C12H26N2O3. The monoisotopic (exact) mass is 246 g/mol. The maximum Gasteiger partial charge on any atom is 0.239 e. The van der Waals surface area contributed by atoms with Gasteiger partial charge < -0.3 is 20.1 Å². The van der Waals surface area contributed by atoms with E-state index in [1.807, 2.05) is 13.8 Å². The largest absolute Gasteiger partial charge is 0.385 e. The normalized spacial score (nSPS) is 14.4. The van der Waals surface area contributed by atoms with Crippen LogP contribution in [0, 0.1) is 0 Å². The highest BCUT2D eigenvalue weighted by atomic mass is 16.5. The molecular weight excluding hydrogens is 220 g/mol. The van der Waals surface area contributed by atoms with Gasteiger partial charge in [-0.05, 0) is 26.7 Å². The summed E-state index contributed by atoms with van der Waals surface area (Å²) in [6.07, 6.45) is 1.46. The van der Waals surface area contributed by atoms with Gasteiger partial charge in [-0.3, -0.25) is 4.79 Å². The molecule has 0 rings (SSSR count). The molecule has 2 N–H and O–H groups in total. The van der Waals surface area contributed by atoms with Gasteiger partial charge in [0.2, 0.25) is 5.91 Å². The first kappa shape index (κ1) is 16.4. The van der Waals surface area contributed by atoms with E-state index in [2.05, 4.69) is 0 Å². The highest BCUT2D eigenvalue weighted by molar-refractivity contribution is 5.81. The van der Waals surface area contributed by atoms with Crippen LogP contribution >= 0.6 is 0 Å². The summed E-state index contributed by atoms with van der Waals surface area (Å²) in [6, 6.07) is -0.379. The summed E-state index contributed by atoms with van der Waals surface area (Å²) >= 11 is 0. The second-order valence-corrected chi connectivity index (χ2v) is 4.17. The van der Waals surface area contributed by atoms with Gasteiger partial charge in [0.25, 0.3) is 0 Å². The lowest BCUT2D eigenvalue weighted by atomic mass is 10.1. The molecule has 0 aromatic rings. The first-order chi connectivity index (χ1) is 8.08. The van der Waals surface area contributed by atoms with Gasteiger partial charge in [-0.1, -0.05) is 0 Å². The quantitative estimate of drug-likeness (QED) is 0.606. The number of nitrogens with two attached hydrogens (primary N) is 1. The van der Waals surface area contributed by atoms with E-state index in [9.17, 15) is 4.79 Å². The molecule has 0 aliphatic rings. The molecule has 0 spiro atoms. The van der Waals surface area contributed by atoms with Crippen molar-refractivity contribution in [1.29, 1.82) is 0 Å². The molecule has 0 heterocycles. The summed E-state index contributed by atoms with van der Waals surface area (Å²) in [7, 11) is 3.28. The fraction of sp³-hybridized carbons (Fsp3) is 0.917. The minimum Gasteiger partial charge on any atom is -0.385 e. The zero-order valence-electron chi connectivity index (χ0n) is 11.4. The van der Waals surface area contributed by atoms with Crippen molar-refractivity contribution in [3.05, 3.63) is 0 Å². The molecule has 0 saturated heterocycles. The number of carbonyl (C=O) groups excluding carboxylic acids is 1. The number of amides is 1. The van der Waals surface area contributed by atoms with Crippen LogP contribution in [0.1, 0.15) is 26.7 Å². The predicted molar refractivity (Wildman–Crippen MR) is 67.8 cm³/mol. The molecule has 2 atom stereocenters. The molecule has 0 aliphatic heterocycles. The summed E-state index contributed by atoms with van der Waals surface area (Å²) < 4.78 is 10.0. The number of carbonyl (C=O) groups is 1. The average molecular weight is 246 g/mol. The number of hydrogen-bond donors (Lipinski definition) is 1. The minimum atomic E-state index is -0.440. The molecule has 5 nitrogen and oxygen atoms in total. The van der Waals surface area contributed by atoms with Crippen LogP contribution in [0.15, 0.2) is 0 Å². The van der Waals surface area contributed by atoms with E-state index in [1.54, 1.807) is 19.1 Å². The summed E-state index contributed by atoms with van der Waals surface area (Å²) in [5.41, 5.74) is 5.88. The van der Waals surface area contributed by atoms with Crippen LogP contribution in [-0.2, 0) is 14.3 Å². The van der Waals surface area contributed by atoms with Crippen LogP contribution in [0.5, 0.6) is 0 Å². The van der Waals surface area contributed by atoms with E-state index >= 15 is 0 Å². The van der Waals surface area contributed by atoms with Crippen LogP contribution in [0.3, 0.4) is 0 Å². The molecule has 0 bridgehead atoms. The lowest BCUT2D eigenvalue weighted by Crippen LogP contribution is -2.49. The number of methoxy groups -OCH3 is 2. The van der Waals surface area contributed by atoms with Crippen LogP contribution in [0.2, 0.25) is 0 Å². The Morgan fingerprint density at radius 3 is 2.47 bits per heavy atom. The Morgan fingerprint density at radius 1 is 1.35 bits per heavy atom. The molecule has 0 aromatic carbocycles. The lowest BCUT2D eigenvalue weighted by molar-refractivity contribution is -0.135. The van der Waals surface area contributed by atoms with Crippen molar-refractivity contribution in [2.45, 2.75) is 38.8 Å². The van der Waals surface area contributed by atoms with Crippen molar-refractivity contribution in [2.75, 3.05) is 34.0 Å². The van der Waals surface area contributed by atoms with Crippen molar-refractivity contribution in [3.63, 3.8) is 0 Å². The Morgan fingerprint density at radius 2 is 2.00 bits per heavy atom. The van der Waals surface area contributed by atoms with Gasteiger partial charge in [0.1, 0.15) is 0 Å². The molecule has 0 radical (unpaired) electrons. The van der Waals surface area contributed by atoms with Crippen LogP contribution in [0.4, 0.5) is 0 Å². The van der Waals surface area contributed by atoms with Gasteiger partial charge in [0.15, 0.2) is 0 Å². The Balaban J connectivity index is 4.21. The summed E-state index contributed by atoms with van der Waals surface area (Å²) in [4.78, 5) is 13.9. The van der Waals surface area contributed by atoms with Gasteiger partial charge in [0, 0.05) is 27.4 Å². The zero-order valence-corrected chi connectivity index (χ0v) is 11.4. The van der Waals surface area contributed by atoms with Crippen LogP contribution in [0.25, 0.3) is 0 Å². The molecule has 102 valence electrons. The molecule has 0 aromatic heterocycles. The average Bonchev–Trinajstić information content (AvgIpc) is 2.30. The molecule has 5 heteroatoms. The van der Waals surface area contributed by atoms with Crippen LogP contribution < -0.4 is 5.73 Å². The summed E-state index contributed by atoms with van der Waals surface area (Å²) in [6.45, 7) is 5.74. The van der Waals surface area contributed by atoms with Crippen molar-refractivity contribution < 1.29 is 14.3 Å². The van der Waals surface area contributed by atoms with Gasteiger partial charge >= 0.3 is 0 Å². The first-order valence-corrected chi connectivity index (χ1v) is 6.12. The SMILES string of the molecule is CCN(C(=O)C(N)CCCOC)C(C)COC. The van der Waals surface area contributed by atoms with E-state index in [1.165, 1.54) is 0 Å². The highest BCUT2D eigenvalue weighted by Crippen LogP contribution is 2.05. The van der Waals surface area contributed by atoms with Crippen molar-refractivity contribution in [2.24, 2.45) is 5.73 Å². The molecule has 1 amide bonds. The van der Waals surface area contributed by atoms with E-state index in [0.29, 0.717) is 26.2 Å². The topological polar surface area (TPSA) is 64.8 Å². The van der Waals surface area contributed by atoms with Gasteiger partial charge in [-0.25, -0.2) is 0 Å². The van der Waals surface area contributed by atoms with Gasteiger partial charge in [0.05, 0.1) is 18.7 Å². The maximum absolute atomic E-state index is 12.1. The third kappa shape index (κ3) is 6.00. The van der Waals surface area contributed by atoms with E-state index in [-0.39, 0.29) is 11.9 Å². The highest BCUT2D eigenvalue weighted by Gasteiger charge is 2.23. The molecule has 17 heavy (non-hydrogen) atoms. The Kier molecular flexibility index (Phi) is 9.03. The molecule has 0 fully saturated rings. The maximum atomic E-state index is 12.1.